The van der Waals surface area contributed by atoms with Crippen molar-refractivity contribution in [3.05, 3.63) is 18.0 Å². The van der Waals surface area contributed by atoms with E-state index in [1.165, 1.54) is 0 Å². The Hall–Kier alpha value is -1.36. The molecule has 1 aliphatic heterocycles. The molecule has 1 atom stereocenters. The van der Waals surface area contributed by atoms with Crippen molar-refractivity contribution in [3.8, 4) is 0 Å². The molecule has 0 spiro atoms. The van der Waals surface area contributed by atoms with Crippen LogP contribution in [0.2, 0.25) is 0 Å². The predicted octanol–water partition coefficient (Wildman–Crippen LogP) is 1.17. The number of nitrogens with zero attached hydrogens (tertiary/aromatic N) is 3. The normalized spacial score (nSPS) is 22.5. The van der Waals surface area contributed by atoms with Crippen molar-refractivity contribution in [2.75, 3.05) is 13.1 Å². The van der Waals surface area contributed by atoms with E-state index in [2.05, 4.69) is 18.9 Å². The van der Waals surface area contributed by atoms with E-state index in [1.807, 2.05) is 28.9 Å². The van der Waals surface area contributed by atoms with Crippen LogP contribution in [-0.4, -0.2) is 39.7 Å². The molecule has 0 saturated carbocycles. The molecule has 1 aliphatic rings. The van der Waals surface area contributed by atoms with Gasteiger partial charge in [-0.1, -0.05) is 13.8 Å². The molecule has 106 valence electrons. The summed E-state index contributed by atoms with van der Waals surface area (Å²) in [5.41, 5.74) is 7.22. The Morgan fingerprint density at radius 3 is 2.89 bits per heavy atom. The van der Waals surface area contributed by atoms with Gasteiger partial charge in [-0.05, 0) is 24.3 Å². The highest BCUT2D eigenvalue weighted by molar-refractivity contribution is 5.76. The number of piperidine rings is 1. The van der Waals surface area contributed by atoms with Gasteiger partial charge < -0.3 is 10.6 Å². The maximum Gasteiger partial charge on any atom is 0.224 e. The van der Waals surface area contributed by atoms with Gasteiger partial charge in [0.25, 0.3) is 0 Å². The molecule has 1 aromatic heterocycles. The first-order valence-electron chi connectivity index (χ1n) is 6.91. The van der Waals surface area contributed by atoms with E-state index >= 15 is 0 Å². The molecule has 2 N–H and O–H groups in total. The lowest BCUT2D eigenvalue weighted by Gasteiger charge is -2.42. The molecule has 0 aromatic carbocycles. The van der Waals surface area contributed by atoms with Gasteiger partial charge in [0.15, 0.2) is 0 Å². The Balaban J connectivity index is 1.87. The van der Waals surface area contributed by atoms with Gasteiger partial charge in [0.05, 0.1) is 6.20 Å². The SMILES string of the molecule is Cc1cnn(CCC(=O)N2CCC(N)C(C)(C)C2)c1. The molecule has 1 saturated heterocycles. The number of amides is 1. The molecule has 2 heterocycles. The van der Waals surface area contributed by atoms with E-state index < -0.39 is 0 Å². The summed E-state index contributed by atoms with van der Waals surface area (Å²) in [6.07, 6.45) is 5.17. The van der Waals surface area contributed by atoms with Gasteiger partial charge in [0, 0.05) is 38.3 Å². The molecule has 0 bridgehead atoms. The van der Waals surface area contributed by atoms with Crippen molar-refractivity contribution < 1.29 is 4.79 Å². The van der Waals surface area contributed by atoms with Crippen LogP contribution in [0.25, 0.3) is 0 Å². The first-order valence-corrected chi connectivity index (χ1v) is 6.91. The van der Waals surface area contributed by atoms with Crippen molar-refractivity contribution >= 4 is 5.91 Å². The van der Waals surface area contributed by atoms with E-state index in [0.29, 0.717) is 13.0 Å². The van der Waals surface area contributed by atoms with E-state index in [4.69, 9.17) is 5.73 Å². The number of likely N-dealkylation sites (tertiary alicyclic amines) is 1. The molecule has 1 amide bonds. The molecular weight excluding hydrogens is 240 g/mol. The summed E-state index contributed by atoms with van der Waals surface area (Å²) in [4.78, 5) is 14.2. The average Bonchev–Trinajstić information content (AvgIpc) is 2.75. The second-order valence-corrected chi connectivity index (χ2v) is 6.23. The summed E-state index contributed by atoms with van der Waals surface area (Å²) in [5, 5.41) is 4.20. The third-order valence-corrected chi connectivity index (χ3v) is 3.98. The molecule has 5 heteroatoms. The van der Waals surface area contributed by atoms with Gasteiger partial charge in [0.1, 0.15) is 0 Å². The van der Waals surface area contributed by atoms with Crippen LogP contribution in [0.15, 0.2) is 12.4 Å². The van der Waals surface area contributed by atoms with E-state index in [1.54, 1.807) is 0 Å². The highest BCUT2D eigenvalue weighted by Gasteiger charge is 2.34. The summed E-state index contributed by atoms with van der Waals surface area (Å²) in [5.74, 6) is 0.202. The molecule has 5 nitrogen and oxygen atoms in total. The fourth-order valence-corrected chi connectivity index (χ4v) is 2.54. The second kappa shape index (κ2) is 5.33. The van der Waals surface area contributed by atoms with Crippen LogP contribution in [0.3, 0.4) is 0 Å². The summed E-state index contributed by atoms with van der Waals surface area (Å²) >= 11 is 0. The van der Waals surface area contributed by atoms with Crippen LogP contribution in [0.5, 0.6) is 0 Å². The minimum Gasteiger partial charge on any atom is -0.342 e. The first kappa shape index (κ1) is 14.1. The first-order chi connectivity index (χ1) is 8.88. The Morgan fingerprint density at radius 2 is 2.32 bits per heavy atom. The number of carbonyl (C=O) groups excluding carboxylic acids is 1. The molecule has 0 radical (unpaired) electrons. The smallest absolute Gasteiger partial charge is 0.224 e. The fourth-order valence-electron chi connectivity index (χ4n) is 2.54. The standard InChI is InChI=1S/C14H24N4O/c1-11-8-16-18(9-11)7-5-13(19)17-6-4-12(15)14(2,3)10-17/h8-9,12H,4-7,10,15H2,1-3H3. The lowest BCUT2D eigenvalue weighted by molar-refractivity contribution is -0.134. The number of carbonyl (C=O) groups is 1. The zero-order chi connectivity index (χ0) is 14.0. The van der Waals surface area contributed by atoms with Crippen LogP contribution in [0, 0.1) is 12.3 Å². The van der Waals surface area contributed by atoms with Gasteiger partial charge in [-0.15, -0.1) is 0 Å². The number of rotatable bonds is 3. The summed E-state index contributed by atoms with van der Waals surface area (Å²) in [6, 6.07) is 0.185. The van der Waals surface area contributed by atoms with Crippen LogP contribution < -0.4 is 5.73 Å². The highest BCUT2D eigenvalue weighted by Crippen LogP contribution is 2.27. The van der Waals surface area contributed by atoms with Gasteiger partial charge in [-0.3, -0.25) is 9.48 Å². The fraction of sp³-hybridized carbons (Fsp3) is 0.714. The average molecular weight is 264 g/mol. The highest BCUT2D eigenvalue weighted by atomic mass is 16.2. The van der Waals surface area contributed by atoms with Crippen LogP contribution >= 0.6 is 0 Å². The number of hydrogen-bond donors (Lipinski definition) is 1. The lowest BCUT2D eigenvalue weighted by atomic mass is 9.79. The van der Waals surface area contributed by atoms with Gasteiger partial charge in [0.2, 0.25) is 5.91 Å². The third-order valence-electron chi connectivity index (χ3n) is 3.98. The van der Waals surface area contributed by atoms with Crippen LogP contribution in [0.4, 0.5) is 0 Å². The maximum atomic E-state index is 12.2. The van der Waals surface area contributed by atoms with Crippen LogP contribution in [-0.2, 0) is 11.3 Å². The summed E-state index contributed by atoms with van der Waals surface area (Å²) in [6.45, 7) is 8.45. The summed E-state index contributed by atoms with van der Waals surface area (Å²) < 4.78 is 1.83. The van der Waals surface area contributed by atoms with E-state index in [0.717, 1.165) is 25.1 Å². The predicted molar refractivity (Wildman–Crippen MR) is 74.5 cm³/mol. The molecule has 19 heavy (non-hydrogen) atoms. The second-order valence-electron chi connectivity index (χ2n) is 6.23. The molecule has 2 rings (SSSR count). The Kier molecular flexibility index (Phi) is 3.94. The quantitative estimate of drug-likeness (QED) is 0.891. The zero-order valence-electron chi connectivity index (χ0n) is 12.1. The molecule has 1 unspecified atom stereocenters. The molecular formula is C14H24N4O. The van der Waals surface area contributed by atoms with Crippen molar-refractivity contribution in [1.82, 2.24) is 14.7 Å². The van der Waals surface area contributed by atoms with Crippen molar-refractivity contribution in [2.45, 2.75) is 46.2 Å². The van der Waals surface area contributed by atoms with Gasteiger partial charge in [-0.25, -0.2) is 0 Å². The largest absolute Gasteiger partial charge is 0.342 e. The minimum atomic E-state index is 0.0101. The van der Waals surface area contributed by atoms with Gasteiger partial charge in [-0.2, -0.15) is 5.10 Å². The monoisotopic (exact) mass is 264 g/mol. The Morgan fingerprint density at radius 1 is 1.58 bits per heavy atom. The lowest BCUT2D eigenvalue weighted by Crippen LogP contribution is -2.54. The minimum absolute atomic E-state index is 0.0101. The van der Waals surface area contributed by atoms with Crippen LogP contribution in [0.1, 0.15) is 32.3 Å². The molecule has 1 aromatic rings. The third kappa shape index (κ3) is 3.35. The molecule has 1 fully saturated rings. The van der Waals surface area contributed by atoms with Crippen molar-refractivity contribution in [2.24, 2.45) is 11.1 Å². The Bertz CT molecular complexity index is 452. The molecule has 0 aliphatic carbocycles. The van der Waals surface area contributed by atoms with E-state index in [-0.39, 0.29) is 17.4 Å². The topological polar surface area (TPSA) is 64.2 Å². The van der Waals surface area contributed by atoms with Gasteiger partial charge >= 0.3 is 0 Å². The number of hydrogen-bond acceptors (Lipinski definition) is 3. The van der Waals surface area contributed by atoms with Crippen molar-refractivity contribution in [1.29, 1.82) is 0 Å². The number of nitrogens with two attached hydrogens (primary N) is 1. The number of aromatic nitrogens is 2. The maximum absolute atomic E-state index is 12.2. The van der Waals surface area contributed by atoms with E-state index in [9.17, 15) is 4.79 Å². The zero-order valence-corrected chi connectivity index (χ0v) is 12.1. The van der Waals surface area contributed by atoms with Crippen molar-refractivity contribution in [3.63, 3.8) is 0 Å². The summed E-state index contributed by atoms with van der Waals surface area (Å²) in [7, 11) is 0. The number of aryl methyl sites for hydroxylation is 2. The Labute approximate surface area is 114 Å².